The molecule has 3 aliphatic heterocycles. The summed E-state index contributed by atoms with van der Waals surface area (Å²) in [6, 6.07) is 0. The Hall–Kier alpha value is 2.55. The Bertz CT molecular complexity index is 590. The van der Waals surface area contributed by atoms with E-state index in [-0.39, 0.29) is 0 Å². The van der Waals surface area contributed by atoms with Crippen LogP contribution in [-0.4, -0.2) is 75.7 Å². The molecule has 0 unspecified atom stereocenters. The van der Waals surface area contributed by atoms with E-state index in [0.29, 0.717) is 0 Å². The molecule has 3 heterocycles. The molecule has 3 aliphatic rings. The van der Waals surface area contributed by atoms with Crippen molar-refractivity contribution < 1.29 is 20.7 Å². The van der Waals surface area contributed by atoms with Crippen molar-refractivity contribution in [2.45, 2.75) is 145 Å². The Kier molecular flexibility index (Phi) is 13.9. The number of hydrogen-bond acceptors (Lipinski definition) is 7. The van der Waals surface area contributed by atoms with Gasteiger partial charge in [-0.2, -0.15) is 0 Å². The molecular weight excluding hydrogens is 813 g/mol. The van der Waals surface area contributed by atoms with Gasteiger partial charge in [0.25, 0.3) is 0 Å². The van der Waals surface area contributed by atoms with Crippen LogP contribution in [0.15, 0.2) is 0 Å². The van der Waals surface area contributed by atoms with Gasteiger partial charge in [0.2, 0.25) is 0 Å². The molecule has 7 nitrogen and oxygen atoms in total. The van der Waals surface area contributed by atoms with Crippen LogP contribution in [0.2, 0.25) is 26.6 Å². The van der Waals surface area contributed by atoms with Crippen molar-refractivity contribution >= 4 is 75.7 Å². The zero-order valence-corrected chi connectivity index (χ0v) is 34.6. The molecule has 12 heteroatoms. The van der Waals surface area contributed by atoms with Crippen molar-refractivity contribution in [1.29, 1.82) is 0 Å². The summed E-state index contributed by atoms with van der Waals surface area (Å²) < 4.78 is 55.1. The minimum atomic E-state index is -3.57. The van der Waals surface area contributed by atoms with Crippen LogP contribution in [0, 0.1) is 0 Å². The van der Waals surface area contributed by atoms with Crippen LogP contribution < -0.4 is 0 Å². The standard InChI is InChI=1S/6C4H9.O7Si2.3Sn/c6*1-3-4-2;1-8(2,3)7-9(4,5)6;;;/h6*1,3-4H2,2H3;;;;/q;;;;;;-6;3*+2. The normalized spacial score (nSPS) is 24.5. The fourth-order valence-electron chi connectivity index (χ4n) is 5.43. The van der Waals surface area contributed by atoms with Crippen LogP contribution in [0.25, 0.3) is 0 Å². The third-order valence-electron chi connectivity index (χ3n) is 7.58. The summed E-state index contributed by atoms with van der Waals surface area (Å²) in [5.74, 6) is 0. The molecule has 0 saturated carbocycles. The van der Waals surface area contributed by atoms with E-state index in [1.165, 1.54) is 51.4 Å². The molecule has 0 aromatic rings. The van der Waals surface area contributed by atoms with Crippen molar-refractivity contribution in [1.82, 2.24) is 0 Å². The molecule has 0 radical (unpaired) electrons. The van der Waals surface area contributed by atoms with E-state index in [1.807, 2.05) is 0 Å². The van der Waals surface area contributed by atoms with Gasteiger partial charge in [-0.05, 0) is 0 Å². The van der Waals surface area contributed by atoms with Gasteiger partial charge in [0.05, 0.1) is 0 Å². The van der Waals surface area contributed by atoms with Gasteiger partial charge in [-0.25, -0.2) is 0 Å². The molecule has 36 heavy (non-hydrogen) atoms. The number of hydrogen-bond donors (Lipinski definition) is 0. The molecule has 0 aromatic carbocycles. The summed E-state index contributed by atoms with van der Waals surface area (Å²) in [6.45, 7) is 13.5. The Morgan fingerprint density at radius 2 is 0.556 bits per heavy atom. The van der Waals surface area contributed by atoms with E-state index in [2.05, 4.69) is 41.5 Å². The first-order chi connectivity index (χ1) is 17.3. The summed E-state index contributed by atoms with van der Waals surface area (Å²) in [5.41, 5.74) is 0. The van der Waals surface area contributed by atoms with Crippen LogP contribution in [0.1, 0.15) is 119 Å². The van der Waals surface area contributed by atoms with Crippen molar-refractivity contribution in [3.63, 3.8) is 0 Å². The van der Waals surface area contributed by atoms with Gasteiger partial charge in [0.1, 0.15) is 0 Å². The van der Waals surface area contributed by atoms with Crippen molar-refractivity contribution in [2.75, 3.05) is 0 Å². The fraction of sp³-hybridized carbons (Fsp3) is 1.00. The van der Waals surface area contributed by atoms with E-state index in [4.69, 9.17) is 20.7 Å². The van der Waals surface area contributed by atoms with E-state index in [9.17, 15) is 0 Å². The second kappa shape index (κ2) is 15.1. The van der Waals surface area contributed by atoms with Crippen molar-refractivity contribution in [3.8, 4) is 0 Å². The molecule has 0 aromatic heterocycles. The number of unbranched alkanes of at least 4 members (excludes halogenated alkanes) is 6. The Morgan fingerprint density at radius 1 is 0.361 bits per heavy atom. The molecule has 3 fully saturated rings. The quantitative estimate of drug-likeness (QED) is 0.129. The molecule has 3 saturated heterocycles. The number of rotatable bonds is 18. The summed E-state index contributed by atoms with van der Waals surface area (Å²) in [6.07, 6.45) is 13.9. The summed E-state index contributed by atoms with van der Waals surface area (Å²) in [7, 11) is -6.45. The van der Waals surface area contributed by atoms with Crippen LogP contribution in [0.4, 0.5) is 0 Å². The summed E-state index contributed by atoms with van der Waals surface area (Å²) in [5, 5.41) is 0. The van der Waals surface area contributed by atoms with Crippen molar-refractivity contribution in [3.05, 3.63) is 0 Å². The minimum absolute atomic E-state index is 1.02. The molecule has 0 atom stereocenters. The Morgan fingerprint density at radius 3 is 0.722 bits per heavy atom. The first-order valence-electron chi connectivity index (χ1n) is 15.2. The maximum absolute atomic E-state index is 6.99. The Balaban J connectivity index is 1.86. The predicted molar refractivity (Wildman–Crippen MR) is 155 cm³/mol. The monoisotopic (exact) mass is 870 g/mol. The van der Waals surface area contributed by atoms with E-state index in [1.54, 1.807) is 0 Å². The SMILES string of the molecule is CCC[CH2][Sn]1([CH2]CCC)[O][Si]2(O[Si]3([O][Sn]([CH2]CCC)([CH2]CCC)[O]3)[O][Sn]([CH2]CCC)([CH2]CCC)[O]2)[O]1. The van der Waals surface area contributed by atoms with E-state index < -0.39 is 75.7 Å². The Labute approximate surface area is 239 Å². The van der Waals surface area contributed by atoms with Crippen LogP contribution in [-0.2, 0) is 20.7 Å². The maximum atomic E-state index is 6.99. The van der Waals surface area contributed by atoms with Gasteiger partial charge in [-0.1, -0.05) is 0 Å². The van der Waals surface area contributed by atoms with E-state index >= 15 is 0 Å². The topological polar surface area (TPSA) is 64.6 Å². The first-order valence-corrected chi connectivity index (χ1v) is 37.6. The van der Waals surface area contributed by atoms with Crippen molar-refractivity contribution in [2.24, 2.45) is 0 Å². The summed E-state index contributed by atoms with van der Waals surface area (Å²) in [4.78, 5) is 0. The van der Waals surface area contributed by atoms with E-state index in [0.717, 1.165) is 52.3 Å². The van der Waals surface area contributed by atoms with Gasteiger partial charge in [0, 0.05) is 0 Å². The molecular formula is C24H54O7Si2Sn3. The van der Waals surface area contributed by atoms with Gasteiger partial charge < -0.3 is 0 Å². The molecule has 212 valence electrons. The zero-order chi connectivity index (χ0) is 26.2. The molecule has 3 rings (SSSR count). The van der Waals surface area contributed by atoms with Gasteiger partial charge in [0.15, 0.2) is 0 Å². The molecule has 0 amide bonds. The fourth-order valence-corrected chi connectivity index (χ4v) is 82.0. The van der Waals surface area contributed by atoms with Crippen LogP contribution in [0.5, 0.6) is 0 Å². The molecule has 0 aliphatic carbocycles. The third kappa shape index (κ3) is 8.31. The molecule has 2 spiro atoms. The second-order valence-corrected chi connectivity index (χ2v) is 49.8. The average Bonchev–Trinajstić information content (AvgIpc) is 2.83. The van der Waals surface area contributed by atoms with Gasteiger partial charge in [-0.3, -0.25) is 0 Å². The summed E-state index contributed by atoms with van der Waals surface area (Å²) >= 11 is -9.89. The van der Waals surface area contributed by atoms with Crippen LogP contribution in [0.3, 0.4) is 0 Å². The first kappa shape index (κ1) is 33.1. The zero-order valence-electron chi connectivity index (χ0n) is 24.1. The molecule has 0 bridgehead atoms. The van der Waals surface area contributed by atoms with Gasteiger partial charge >= 0.3 is 242 Å². The average molecular weight is 867 g/mol. The second-order valence-electron chi connectivity index (χ2n) is 11.1. The third-order valence-corrected chi connectivity index (χ3v) is 64.4. The predicted octanol–water partition coefficient (Wildman–Crippen LogP) is 8.14. The van der Waals surface area contributed by atoms with Gasteiger partial charge in [-0.15, -0.1) is 0 Å². The van der Waals surface area contributed by atoms with Crippen LogP contribution >= 0.6 is 0 Å². The molecule has 0 N–H and O–H groups in total.